The second kappa shape index (κ2) is 6.32. The van der Waals surface area contributed by atoms with Crippen molar-refractivity contribution >= 4 is 30.8 Å². The van der Waals surface area contributed by atoms with Crippen LogP contribution in [0, 0.1) is 0 Å². The molecular weight excluding hydrogens is 354 g/mol. The fourth-order valence-electron chi connectivity index (χ4n) is 2.40. The molecule has 1 N–H and O–H groups in total. The van der Waals surface area contributed by atoms with E-state index in [9.17, 15) is 16.8 Å². The van der Waals surface area contributed by atoms with E-state index in [2.05, 4.69) is 0 Å². The minimum atomic E-state index is -4.01. The molecule has 0 saturated carbocycles. The summed E-state index contributed by atoms with van der Waals surface area (Å²) >= 11 is 0. The van der Waals surface area contributed by atoms with Crippen LogP contribution in [-0.2, 0) is 30.5 Å². The summed E-state index contributed by atoms with van der Waals surface area (Å²) in [6.07, 6.45) is 0.919. The first-order valence-corrected chi connectivity index (χ1v) is 10.7. The topological polar surface area (TPSA) is 102 Å². The van der Waals surface area contributed by atoms with Crippen LogP contribution in [0.15, 0.2) is 36.4 Å². The van der Waals surface area contributed by atoms with E-state index in [-0.39, 0.29) is 6.10 Å². The van der Waals surface area contributed by atoms with E-state index in [1.807, 2.05) is 12.1 Å². The highest BCUT2D eigenvalue weighted by molar-refractivity contribution is 8.04. The molecule has 0 bridgehead atoms. The first-order chi connectivity index (χ1) is 11.2. The van der Waals surface area contributed by atoms with Crippen LogP contribution in [-0.4, -0.2) is 42.4 Å². The summed E-state index contributed by atoms with van der Waals surface area (Å²) in [4.78, 5) is 0. The monoisotopic (exact) mass is 371 g/mol. The highest BCUT2D eigenvalue weighted by Gasteiger charge is 2.24. The van der Waals surface area contributed by atoms with Crippen molar-refractivity contribution in [1.29, 1.82) is 0 Å². The van der Waals surface area contributed by atoms with E-state index in [1.165, 1.54) is 0 Å². The summed E-state index contributed by atoms with van der Waals surface area (Å²) < 4.78 is 58.9. The van der Waals surface area contributed by atoms with Crippen molar-refractivity contribution in [2.45, 2.75) is 11.9 Å². The number of rotatable bonds is 7. The van der Waals surface area contributed by atoms with Gasteiger partial charge in [0, 0.05) is 5.39 Å². The van der Waals surface area contributed by atoms with Crippen molar-refractivity contribution in [3.05, 3.63) is 42.0 Å². The zero-order valence-corrected chi connectivity index (χ0v) is 14.6. The van der Waals surface area contributed by atoms with Gasteiger partial charge in [-0.05, 0) is 17.0 Å². The predicted octanol–water partition coefficient (Wildman–Crippen LogP) is 0.996. The molecule has 1 aliphatic rings. The number of hydrogen-bond donors (Lipinski definition) is 1. The first kappa shape index (κ1) is 17.2. The largest absolute Gasteiger partial charge is 0.490 e. The molecule has 0 aliphatic carbocycles. The van der Waals surface area contributed by atoms with E-state index >= 15 is 0 Å². The molecule has 1 atom stereocenters. The van der Waals surface area contributed by atoms with Crippen LogP contribution in [0.3, 0.4) is 0 Å². The van der Waals surface area contributed by atoms with Crippen molar-refractivity contribution in [3.63, 3.8) is 0 Å². The lowest BCUT2D eigenvalue weighted by Gasteiger charge is -2.12. The summed E-state index contributed by atoms with van der Waals surface area (Å²) in [5.41, 5.74) is 0.497. The number of hydrogen-bond acceptors (Lipinski definition) is 6. The van der Waals surface area contributed by atoms with E-state index < -0.39 is 25.8 Å². The molecule has 0 amide bonds. The van der Waals surface area contributed by atoms with Crippen molar-refractivity contribution in [2.24, 2.45) is 0 Å². The SMILES string of the molecule is CS(=O)(=O)NS(=O)(=O)Cc1ccc(OCC2CO2)c2ccccc12. The maximum absolute atomic E-state index is 12.0. The van der Waals surface area contributed by atoms with Gasteiger partial charge in [-0.1, -0.05) is 30.3 Å². The lowest BCUT2D eigenvalue weighted by Crippen LogP contribution is -2.30. The smallest absolute Gasteiger partial charge is 0.228 e. The normalized spacial score (nSPS) is 17.8. The zero-order valence-electron chi connectivity index (χ0n) is 12.9. The number of sulfonamides is 2. The van der Waals surface area contributed by atoms with Gasteiger partial charge in [-0.2, -0.15) is 0 Å². The first-order valence-electron chi connectivity index (χ1n) is 7.20. The number of ether oxygens (including phenoxy) is 2. The van der Waals surface area contributed by atoms with Gasteiger partial charge in [0.2, 0.25) is 20.0 Å². The Balaban J connectivity index is 1.92. The van der Waals surface area contributed by atoms with Crippen molar-refractivity contribution in [3.8, 4) is 5.75 Å². The van der Waals surface area contributed by atoms with Gasteiger partial charge in [0.05, 0.1) is 18.6 Å². The molecule has 0 aromatic heterocycles. The van der Waals surface area contributed by atoms with Gasteiger partial charge in [-0.25, -0.2) is 16.8 Å². The second-order valence-corrected chi connectivity index (χ2v) is 9.38. The highest BCUT2D eigenvalue weighted by atomic mass is 32.3. The molecule has 2 aromatic rings. The third-order valence-electron chi connectivity index (χ3n) is 3.43. The highest BCUT2D eigenvalue weighted by Crippen LogP contribution is 2.30. The van der Waals surface area contributed by atoms with Crippen LogP contribution < -0.4 is 8.86 Å². The molecule has 1 fully saturated rings. The van der Waals surface area contributed by atoms with E-state index in [0.717, 1.165) is 11.6 Å². The Kier molecular flexibility index (Phi) is 4.52. The lowest BCUT2D eigenvalue weighted by atomic mass is 10.0. The van der Waals surface area contributed by atoms with E-state index in [1.54, 1.807) is 28.4 Å². The number of epoxide rings is 1. The molecule has 0 radical (unpaired) electrons. The lowest BCUT2D eigenvalue weighted by molar-refractivity contribution is 0.265. The van der Waals surface area contributed by atoms with Gasteiger partial charge >= 0.3 is 0 Å². The molecule has 9 heteroatoms. The molecule has 24 heavy (non-hydrogen) atoms. The van der Waals surface area contributed by atoms with Crippen molar-refractivity contribution in [1.82, 2.24) is 4.13 Å². The van der Waals surface area contributed by atoms with Gasteiger partial charge in [-0.3, -0.25) is 0 Å². The number of fused-ring (bicyclic) bond motifs is 1. The molecule has 1 unspecified atom stereocenters. The van der Waals surface area contributed by atoms with Crippen LogP contribution in [0.2, 0.25) is 0 Å². The molecule has 1 saturated heterocycles. The van der Waals surface area contributed by atoms with Crippen molar-refractivity contribution < 1.29 is 26.3 Å². The molecule has 3 rings (SSSR count). The quantitative estimate of drug-likeness (QED) is 0.729. The Morgan fingerprint density at radius 3 is 2.42 bits per heavy atom. The summed E-state index contributed by atoms with van der Waals surface area (Å²) in [7, 11) is -7.86. The van der Waals surface area contributed by atoms with Crippen molar-refractivity contribution in [2.75, 3.05) is 19.5 Å². The maximum Gasteiger partial charge on any atom is 0.228 e. The Hall–Kier alpha value is -1.68. The zero-order chi connectivity index (χ0) is 17.4. The summed E-state index contributed by atoms with van der Waals surface area (Å²) in [6, 6.07) is 10.6. The average Bonchev–Trinajstić information content (AvgIpc) is 3.28. The molecule has 7 nitrogen and oxygen atoms in total. The maximum atomic E-state index is 12.0. The van der Waals surface area contributed by atoms with Gasteiger partial charge in [0.15, 0.2) is 0 Å². The average molecular weight is 371 g/mol. The molecular formula is C15H17NO6S2. The van der Waals surface area contributed by atoms with Gasteiger partial charge in [0.25, 0.3) is 0 Å². The molecule has 0 spiro atoms. The standard InChI is InChI=1S/C15H17NO6S2/c1-23(17,18)16-24(19,20)10-11-6-7-15(22-9-12-8-21-12)14-5-3-2-4-13(11)14/h2-7,12,16H,8-10H2,1H3. The van der Waals surface area contributed by atoms with Gasteiger partial charge in [-0.15, -0.1) is 4.13 Å². The number of nitrogens with one attached hydrogen (secondary N) is 1. The minimum absolute atomic E-state index is 0.114. The van der Waals surface area contributed by atoms with Crippen LogP contribution in [0.25, 0.3) is 10.8 Å². The third kappa shape index (κ3) is 4.44. The number of benzene rings is 2. The fraction of sp³-hybridized carbons (Fsp3) is 0.333. The molecule has 1 aliphatic heterocycles. The Morgan fingerprint density at radius 1 is 1.12 bits per heavy atom. The molecule has 2 aromatic carbocycles. The summed E-state index contributed by atoms with van der Waals surface area (Å²) in [6.45, 7) is 1.13. The Morgan fingerprint density at radius 2 is 1.79 bits per heavy atom. The Labute approximate surface area is 140 Å². The van der Waals surface area contributed by atoms with E-state index in [0.29, 0.717) is 29.9 Å². The Bertz CT molecular complexity index is 965. The summed E-state index contributed by atoms with van der Waals surface area (Å²) in [5.74, 6) is 0.199. The van der Waals surface area contributed by atoms with Crippen LogP contribution in [0.5, 0.6) is 5.75 Å². The molecule has 1 heterocycles. The van der Waals surface area contributed by atoms with Crippen LogP contribution in [0.4, 0.5) is 0 Å². The summed E-state index contributed by atoms with van der Waals surface area (Å²) in [5, 5.41) is 1.47. The van der Waals surface area contributed by atoms with Gasteiger partial charge < -0.3 is 9.47 Å². The van der Waals surface area contributed by atoms with Gasteiger partial charge in [0.1, 0.15) is 18.5 Å². The second-order valence-electron chi connectivity index (χ2n) is 5.65. The van der Waals surface area contributed by atoms with Crippen LogP contribution in [0.1, 0.15) is 5.56 Å². The fourth-order valence-corrected chi connectivity index (χ4v) is 5.14. The molecule has 130 valence electrons. The van der Waals surface area contributed by atoms with E-state index in [4.69, 9.17) is 9.47 Å². The predicted molar refractivity (Wildman–Crippen MR) is 89.8 cm³/mol. The minimum Gasteiger partial charge on any atom is -0.490 e. The third-order valence-corrected chi connectivity index (χ3v) is 6.34. The van der Waals surface area contributed by atoms with Crippen LogP contribution >= 0.6 is 0 Å².